The summed E-state index contributed by atoms with van der Waals surface area (Å²) < 4.78 is 0. The van der Waals surface area contributed by atoms with Crippen molar-refractivity contribution in [3.63, 3.8) is 0 Å². The van der Waals surface area contributed by atoms with Crippen molar-refractivity contribution in [1.82, 2.24) is 0 Å². The second-order valence-electron chi connectivity index (χ2n) is 13.5. The summed E-state index contributed by atoms with van der Waals surface area (Å²) in [6.07, 6.45) is 2.58. The molecule has 4 rings (SSSR count). The minimum Gasteiger partial charge on any atom is -0.0616 e. The monoisotopic (exact) mass is 432 g/mol. The van der Waals surface area contributed by atoms with Crippen LogP contribution < -0.4 is 0 Å². The quantitative estimate of drug-likeness (QED) is 0.389. The standard InChI is InChI=1S/2C16H24/c2*1-11-7-8-13-14(9-11)16(5,6)12(2)10-15(13,3)4/h2*7-9,12H,10H2,1-6H3. The molecule has 0 aromatic heterocycles. The number of fused-ring (bicyclic) bond motifs is 2. The van der Waals surface area contributed by atoms with Gasteiger partial charge in [0.1, 0.15) is 0 Å². The molecule has 0 saturated heterocycles. The predicted octanol–water partition coefficient (Wildman–Crippen LogP) is 9.18. The maximum Gasteiger partial charge on any atom is -0.00746 e. The van der Waals surface area contributed by atoms with Gasteiger partial charge in [-0.1, -0.05) is 117 Å². The smallest absolute Gasteiger partial charge is 0.00746 e. The Bertz CT molecular complexity index is 902. The van der Waals surface area contributed by atoms with Crippen LogP contribution in [0, 0.1) is 25.7 Å². The van der Waals surface area contributed by atoms with Crippen LogP contribution in [0.15, 0.2) is 36.4 Å². The molecule has 2 aliphatic rings. The fourth-order valence-electron chi connectivity index (χ4n) is 6.35. The van der Waals surface area contributed by atoms with Gasteiger partial charge in [-0.2, -0.15) is 0 Å². The fourth-order valence-corrected chi connectivity index (χ4v) is 6.35. The van der Waals surface area contributed by atoms with Gasteiger partial charge in [-0.15, -0.1) is 0 Å². The molecule has 2 unspecified atom stereocenters. The van der Waals surface area contributed by atoms with Gasteiger partial charge in [0.2, 0.25) is 0 Å². The molecule has 0 heterocycles. The summed E-state index contributed by atoms with van der Waals surface area (Å²) in [4.78, 5) is 0. The van der Waals surface area contributed by atoms with E-state index in [1.54, 1.807) is 22.3 Å². The van der Waals surface area contributed by atoms with Gasteiger partial charge in [-0.25, -0.2) is 0 Å². The first-order chi connectivity index (χ1) is 14.5. The highest BCUT2D eigenvalue weighted by atomic mass is 14.5. The lowest BCUT2D eigenvalue weighted by atomic mass is 9.58. The minimum atomic E-state index is 0.316. The van der Waals surface area contributed by atoms with Crippen LogP contribution in [-0.4, -0.2) is 0 Å². The molecule has 2 aromatic carbocycles. The Morgan fingerprint density at radius 1 is 0.531 bits per heavy atom. The summed E-state index contributed by atoms with van der Waals surface area (Å²) in [6.45, 7) is 28.3. The third-order valence-corrected chi connectivity index (χ3v) is 9.29. The van der Waals surface area contributed by atoms with Crippen LogP contribution in [0.4, 0.5) is 0 Å². The van der Waals surface area contributed by atoms with E-state index >= 15 is 0 Å². The van der Waals surface area contributed by atoms with Crippen molar-refractivity contribution < 1.29 is 0 Å². The highest BCUT2D eigenvalue weighted by Gasteiger charge is 2.42. The van der Waals surface area contributed by atoms with Gasteiger partial charge < -0.3 is 0 Å². The summed E-state index contributed by atoms with van der Waals surface area (Å²) in [5, 5.41) is 0. The summed E-state index contributed by atoms with van der Waals surface area (Å²) in [7, 11) is 0. The second-order valence-corrected chi connectivity index (χ2v) is 13.5. The van der Waals surface area contributed by atoms with E-state index in [9.17, 15) is 0 Å². The number of hydrogen-bond acceptors (Lipinski definition) is 0. The molecule has 0 amide bonds. The first kappa shape index (κ1) is 25.1. The molecule has 2 atom stereocenters. The number of hydrogen-bond donors (Lipinski definition) is 0. The molecule has 2 aliphatic carbocycles. The van der Waals surface area contributed by atoms with Crippen LogP contribution in [0.2, 0.25) is 0 Å². The molecule has 0 N–H and O–H groups in total. The topological polar surface area (TPSA) is 0 Å². The van der Waals surface area contributed by atoms with Gasteiger partial charge in [-0.3, -0.25) is 0 Å². The van der Waals surface area contributed by atoms with Gasteiger partial charge in [0.25, 0.3) is 0 Å². The Balaban J connectivity index is 0.000000181. The molecule has 0 saturated carbocycles. The Hall–Kier alpha value is -1.56. The first-order valence-corrected chi connectivity index (χ1v) is 12.7. The molecule has 2 aromatic rings. The zero-order valence-corrected chi connectivity index (χ0v) is 23.0. The summed E-state index contributed by atoms with van der Waals surface area (Å²) >= 11 is 0. The van der Waals surface area contributed by atoms with Gasteiger partial charge in [-0.05, 0) is 82.4 Å². The van der Waals surface area contributed by atoms with E-state index in [4.69, 9.17) is 0 Å². The average molecular weight is 433 g/mol. The Morgan fingerprint density at radius 2 is 0.844 bits per heavy atom. The Morgan fingerprint density at radius 3 is 1.16 bits per heavy atom. The SMILES string of the molecule is Cc1ccc2c(c1)C(C)(C)C(C)CC2(C)C.Cc1ccc2c(c1)C(C)(C)C(C)CC2(C)C. The van der Waals surface area contributed by atoms with Crippen LogP contribution in [0.1, 0.15) is 115 Å². The van der Waals surface area contributed by atoms with E-state index < -0.39 is 0 Å². The van der Waals surface area contributed by atoms with E-state index in [0.717, 1.165) is 11.8 Å². The summed E-state index contributed by atoms with van der Waals surface area (Å²) in [6, 6.07) is 14.0. The van der Waals surface area contributed by atoms with Gasteiger partial charge in [0.15, 0.2) is 0 Å². The highest BCUT2D eigenvalue weighted by molar-refractivity contribution is 5.45. The minimum absolute atomic E-state index is 0.316. The van der Waals surface area contributed by atoms with Crippen LogP contribution in [-0.2, 0) is 21.7 Å². The van der Waals surface area contributed by atoms with Crippen molar-refractivity contribution in [2.45, 2.75) is 118 Å². The second kappa shape index (κ2) is 8.03. The van der Waals surface area contributed by atoms with E-state index in [2.05, 4.69) is 119 Å². The first-order valence-electron chi connectivity index (χ1n) is 12.7. The molecular formula is C32H48. The number of benzene rings is 2. The van der Waals surface area contributed by atoms with Crippen molar-refractivity contribution in [1.29, 1.82) is 0 Å². The molecule has 0 aliphatic heterocycles. The van der Waals surface area contributed by atoms with Crippen molar-refractivity contribution in [3.05, 3.63) is 69.8 Å². The van der Waals surface area contributed by atoms with Gasteiger partial charge >= 0.3 is 0 Å². The van der Waals surface area contributed by atoms with Crippen molar-refractivity contribution in [2.24, 2.45) is 11.8 Å². The van der Waals surface area contributed by atoms with E-state index in [1.165, 1.54) is 24.0 Å². The Labute approximate surface area is 199 Å². The molecule has 0 radical (unpaired) electrons. The average Bonchev–Trinajstić information content (AvgIpc) is 2.65. The third kappa shape index (κ3) is 4.32. The maximum atomic E-state index is 2.40. The number of rotatable bonds is 0. The third-order valence-electron chi connectivity index (χ3n) is 9.29. The van der Waals surface area contributed by atoms with E-state index in [1.807, 2.05) is 0 Å². The molecule has 0 nitrogen and oxygen atoms in total. The van der Waals surface area contributed by atoms with Crippen LogP contribution in [0.5, 0.6) is 0 Å². The lowest BCUT2D eigenvalue weighted by Crippen LogP contribution is -2.40. The van der Waals surface area contributed by atoms with Crippen LogP contribution in [0.25, 0.3) is 0 Å². The van der Waals surface area contributed by atoms with Crippen molar-refractivity contribution >= 4 is 0 Å². The van der Waals surface area contributed by atoms with Gasteiger partial charge in [0, 0.05) is 0 Å². The molecule has 32 heavy (non-hydrogen) atoms. The zero-order valence-electron chi connectivity index (χ0n) is 23.0. The molecule has 0 spiro atoms. The summed E-state index contributed by atoms with van der Waals surface area (Å²) in [5.74, 6) is 1.49. The largest absolute Gasteiger partial charge is 0.0616 e. The van der Waals surface area contributed by atoms with Crippen LogP contribution >= 0.6 is 0 Å². The predicted molar refractivity (Wildman–Crippen MR) is 142 cm³/mol. The van der Waals surface area contributed by atoms with E-state index in [-0.39, 0.29) is 0 Å². The number of aryl methyl sites for hydroxylation is 2. The normalized spacial score (nSPS) is 26.2. The lowest BCUT2D eigenvalue weighted by Gasteiger charge is -2.46. The van der Waals surface area contributed by atoms with Crippen molar-refractivity contribution in [3.8, 4) is 0 Å². The molecule has 176 valence electrons. The summed E-state index contributed by atoms with van der Waals surface area (Å²) in [5.41, 5.74) is 10.3. The maximum absolute atomic E-state index is 2.40. The van der Waals surface area contributed by atoms with Gasteiger partial charge in [0.05, 0.1) is 0 Å². The fraction of sp³-hybridized carbons (Fsp3) is 0.625. The molecule has 0 fully saturated rings. The zero-order chi connectivity index (χ0) is 24.3. The molecule has 0 bridgehead atoms. The molecule has 0 heteroatoms. The highest BCUT2D eigenvalue weighted by Crippen LogP contribution is 2.50. The molecular weight excluding hydrogens is 384 g/mol. The van der Waals surface area contributed by atoms with Crippen molar-refractivity contribution in [2.75, 3.05) is 0 Å². The Kier molecular flexibility index (Phi) is 6.29. The van der Waals surface area contributed by atoms with Crippen LogP contribution in [0.3, 0.4) is 0 Å². The lowest BCUT2D eigenvalue weighted by molar-refractivity contribution is 0.233. The van der Waals surface area contributed by atoms with E-state index in [0.29, 0.717) is 21.7 Å².